The molecule has 0 aliphatic carbocycles. The lowest BCUT2D eigenvalue weighted by molar-refractivity contribution is -0.126. The Morgan fingerprint density at radius 1 is 1.53 bits per heavy atom. The molecule has 2 rings (SSSR count). The molecule has 1 aliphatic rings. The maximum absolute atomic E-state index is 11.4. The van der Waals surface area contributed by atoms with E-state index in [1.54, 1.807) is 0 Å². The molecule has 0 saturated carbocycles. The summed E-state index contributed by atoms with van der Waals surface area (Å²) in [6.45, 7) is 5.10. The number of aryl methyl sites for hydroxylation is 1. The highest BCUT2D eigenvalue weighted by molar-refractivity contribution is 7.11. The first-order chi connectivity index (χ1) is 8.19. The Morgan fingerprint density at radius 3 is 2.76 bits per heavy atom. The van der Waals surface area contributed by atoms with Gasteiger partial charge < -0.3 is 0 Å². The first-order valence-electron chi connectivity index (χ1n) is 5.97. The van der Waals surface area contributed by atoms with Crippen LogP contribution in [0.1, 0.15) is 22.6 Å². The van der Waals surface area contributed by atoms with Crippen LogP contribution in [0.4, 0.5) is 0 Å². The second kappa shape index (κ2) is 5.62. The summed E-state index contributed by atoms with van der Waals surface area (Å²) < 4.78 is 0. The number of thiophene rings is 1. The molecule has 0 atom stereocenters. The van der Waals surface area contributed by atoms with Crippen molar-refractivity contribution in [3.05, 3.63) is 21.9 Å². The third-order valence-corrected chi connectivity index (χ3v) is 4.26. The molecule has 1 saturated heterocycles. The lowest BCUT2D eigenvalue weighted by Gasteiger charge is -2.30. The van der Waals surface area contributed by atoms with Gasteiger partial charge in [-0.15, -0.1) is 11.3 Å². The van der Waals surface area contributed by atoms with Gasteiger partial charge in [0.1, 0.15) is 0 Å². The predicted molar refractivity (Wildman–Crippen MR) is 69.4 cm³/mol. The van der Waals surface area contributed by atoms with Crippen molar-refractivity contribution in [2.75, 3.05) is 13.1 Å². The van der Waals surface area contributed by atoms with E-state index < -0.39 is 0 Å². The first-order valence-corrected chi connectivity index (χ1v) is 6.79. The van der Waals surface area contributed by atoms with Crippen molar-refractivity contribution in [2.24, 2.45) is 11.8 Å². The summed E-state index contributed by atoms with van der Waals surface area (Å²) in [5, 5.41) is 0. The molecule has 0 radical (unpaired) electrons. The smallest absolute Gasteiger partial charge is 0.237 e. The van der Waals surface area contributed by atoms with E-state index in [1.165, 1.54) is 9.75 Å². The zero-order valence-corrected chi connectivity index (χ0v) is 10.9. The highest BCUT2D eigenvalue weighted by atomic mass is 32.1. The molecule has 1 aromatic heterocycles. The molecule has 0 unspecified atom stereocenters. The predicted octanol–water partition coefficient (Wildman–Crippen LogP) is 1.26. The van der Waals surface area contributed by atoms with Crippen molar-refractivity contribution in [3.63, 3.8) is 0 Å². The van der Waals surface area contributed by atoms with Crippen LogP contribution in [0.25, 0.3) is 0 Å². The van der Waals surface area contributed by atoms with Crippen LogP contribution in [0, 0.1) is 12.8 Å². The number of hydrogen-bond donors (Lipinski definition) is 2. The number of nitrogens with two attached hydrogens (primary N) is 1. The zero-order valence-electron chi connectivity index (χ0n) is 10.1. The van der Waals surface area contributed by atoms with Crippen molar-refractivity contribution < 1.29 is 4.79 Å². The van der Waals surface area contributed by atoms with Gasteiger partial charge >= 0.3 is 0 Å². The first kappa shape index (κ1) is 12.5. The van der Waals surface area contributed by atoms with Gasteiger partial charge in [0.15, 0.2) is 0 Å². The second-order valence-electron chi connectivity index (χ2n) is 4.57. The lowest BCUT2D eigenvalue weighted by atomic mass is 9.96. The highest BCUT2D eigenvalue weighted by Crippen LogP contribution is 2.22. The normalized spacial score (nSPS) is 18.2. The van der Waals surface area contributed by atoms with Crippen LogP contribution in [-0.2, 0) is 11.3 Å². The van der Waals surface area contributed by atoms with Gasteiger partial charge in [-0.25, -0.2) is 5.84 Å². The molecule has 1 aromatic rings. The zero-order chi connectivity index (χ0) is 12.3. The Bertz CT molecular complexity index is 383. The van der Waals surface area contributed by atoms with Crippen LogP contribution in [0.15, 0.2) is 12.1 Å². The Hall–Kier alpha value is -0.910. The number of likely N-dealkylation sites (tertiary alicyclic amines) is 1. The van der Waals surface area contributed by atoms with Gasteiger partial charge in [0.2, 0.25) is 5.91 Å². The van der Waals surface area contributed by atoms with E-state index in [0.717, 1.165) is 32.5 Å². The van der Waals surface area contributed by atoms with Crippen molar-refractivity contribution in [2.45, 2.75) is 26.3 Å². The topological polar surface area (TPSA) is 58.4 Å². The fraction of sp³-hybridized carbons (Fsp3) is 0.583. The molecule has 3 N–H and O–H groups in total. The van der Waals surface area contributed by atoms with Gasteiger partial charge in [-0.1, -0.05) is 0 Å². The maximum atomic E-state index is 11.4. The summed E-state index contributed by atoms with van der Waals surface area (Å²) in [6.07, 6.45) is 1.82. The van der Waals surface area contributed by atoms with Crippen LogP contribution in [0.3, 0.4) is 0 Å². The van der Waals surface area contributed by atoms with Crippen molar-refractivity contribution in [3.8, 4) is 0 Å². The summed E-state index contributed by atoms with van der Waals surface area (Å²) in [5.41, 5.74) is 2.25. The average Bonchev–Trinajstić information content (AvgIpc) is 2.75. The minimum Gasteiger partial charge on any atom is -0.298 e. The minimum absolute atomic E-state index is 0.0170. The van der Waals surface area contributed by atoms with Crippen LogP contribution in [0.2, 0.25) is 0 Å². The van der Waals surface area contributed by atoms with Gasteiger partial charge in [-0.2, -0.15) is 0 Å². The van der Waals surface area contributed by atoms with E-state index >= 15 is 0 Å². The number of carbonyl (C=O) groups excluding carboxylic acids is 1. The molecule has 1 fully saturated rings. The second-order valence-corrected chi connectivity index (χ2v) is 5.94. The number of amides is 1. The maximum Gasteiger partial charge on any atom is 0.237 e. The number of nitrogens with zero attached hydrogens (tertiary/aromatic N) is 1. The highest BCUT2D eigenvalue weighted by Gasteiger charge is 2.24. The Kier molecular flexibility index (Phi) is 4.15. The molecule has 1 amide bonds. The minimum atomic E-state index is -0.0170. The van der Waals surface area contributed by atoms with E-state index in [2.05, 4.69) is 29.4 Å². The fourth-order valence-corrected chi connectivity index (χ4v) is 3.19. The molecular weight excluding hydrogens is 234 g/mol. The molecule has 94 valence electrons. The molecule has 0 bridgehead atoms. The molecule has 2 heterocycles. The molecule has 5 heteroatoms. The average molecular weight is 253 g/mol. The van der Waals surface area contributed by atoms with E-state index in [9.17, 15) is 4.79 Å². The number of hydrazine groups is 1. The van der Waals surface area contributed by atoms with Crippen molar-refractivity contribution in [1.29, 1.82) is 0 Å². The van der Waals surface area contributed by atoms with Crippen molar-refractivity contribution in [1.82, 2.24) is 10.3 Å². The fourth-order valence-electron chi connectivity index (χ4n) is 2.26. The largest absolute Gasteiger partial charge is 0.298 e. The molecule has 17 heavy (non-hydrogen) atoms. The van der Waals surface area contributed by atoms with Crippen LogP contribution in [-0.4, -0.2) is 23.9 Å². The lowest BCUT2D eigenvalue weighted by Crippen LogP contribution is -2.42. The Labute approximate surface area is 106 Å². The molecule has 0 aromatic carbocycles. The summed E-state index contributed by atoms with van der Waals surface area (Å²) >= 11 is 1.85. The van der Waals surface area contributed by atoms with E-state index in [-0.39, 0.29) is 11.8 Å². The molecule has 4 nitrogen and oxygen atoms in total. The summed E-state index contributed by atoms with van der Waals surface area (Å²) in [4.78, 5) is 16.6. The van der Waals surface area contributed by atoms with Gasteiger partial charge in [-0.3, -0.25) is 15.1 Å². The number of carbonyl (C=O) groups is 1. The SMILES string of the molecule is Cc1ccc(CN2CCC(C(=O)NN)CC2)s1. The quantitative estimate of drug-likeness (QED) is 0.484. The number of rotatable bonds is 3. The number of nitrogens with one attached hydrogen (secondary N) is 1. The van der Waals surface area contributed by atoms with Gasteiger partial charge in [0, 0.05) is 22.2 Å². The van der Waals surface area contributed by atoms with Gasteiger partial charge in [-0.05, 0) is 45.0 Å². The number of piperidine rings is 1. The van der Waals surface area contributed by atoms with E-state index in [1.807, 2.05) is 11.3 Å². The standard InChI is InChI=1S/C12H19N3OS/c1-9-2-3-11(17-9)8-15-6-4-10(5-7-15)12(16)14-13/h2-3,10H,4-8,13H2,1H3,(H,14,16). The van der Waals surface area contributed by atoms with Gasteiger partial charge in [0.05, 0.1) is 0 Å². The van der Waals surface area contributed by atoms with E-state index in [0.29, 0.717) is 0 Å². The van der Waals surface area contributed by atoms with Crippen molar-refractivity contribution >= 4 is 17.2 Å². The monoisotopic (exact) mass is 253 g/mol. The van der Waals surface area contributed by atoms with E-state index in [4.69, 9.17) is 5.84 Å². The Morgan fingerprint density at radius 2 is 2.24 bits per heavy atom. The van der Waals surface area contributed by atoms with Crippen LogP contribution >= 0.6 is 11.3 Å². The molecule has 0 spiro atoms. The molecule has 1 aliphatic heterocycles. The summed E-state index contributed by atoms with van der Waals surface area (Å²) in [6, 6.07) is 4.35. The van der Waals surface area contributed by atoms with Crippen LogP contribution in [0.5, 0.6) is 0 Å². The third-order valence-electron chi connectivity index (χ3n) is 3.28. The Balaban J connectivity index is 1.81. The molecular formula is C12H19N3OS. The summed E-state index contributed by atoms with van der Waals surface area (Å²) in [7, 11) is 0. The summed E-state index contributed by atoms with van der Waals surface area (Å²) in [5.74, 6) is 5.23. The third kappa shape index (κ3) is 3.28. The van der Waals surface area contributed by atoms with Crippen LogP contribution < -0.4 is 11.3 Å². The van der Waals surface area contributed by atoms with Gasteiger partial charge in [0.25, 0.3) is 0 Å². The number of hydrogen-bond acceptors (Lipinski definition) is 4.